The third-order valence-corrected chi connectivity index (χ3v) is 1.64. The summed E-state index contributed by atoms with van der Waals surface area (Å²) >= 11 is 0. The van der Waals surface area contributed by atoms with Crippen LogP contribution in [0.2, 0.25) is 0 Å². The molecule has 1 radical (unpaired) electrons. The van der Waals surface area contributed by atoms with E-state index in [-0.39, 0.29) is 0 Å². The van der Waals surface area contributed by atoms with Crippen molar-refractivity contribution in [3.05, 3.63) is 12.2 Å². The molecule has 0 aliphatic heterocycles. The Labute approximate surface area is 51.6 Å². The molecule has 1 rings (SSSR count). The zero-order valence-electron chi connectivity index (χ0n) is 5.65. The smallest absolute Gasteiger partial charge is 0.0253 e. The molecule has 0 saturated carbocycles. The first-order chi connectivity index (χ1) is 3.79. The highest BCUT2D eigenvalue weighted by molar-refractivity contribution is 4.87. The van der Waals surface area contributed by atoms with Crippen LogP contribution in [0.5, 0.6) is 0 Å². The van der Waals surface area contributed by atoms with E-state index in [1.54, 1.807) is 0 Å². The van der Waals surface area contributed by atoms with Crippen LogP contribution < -0.4 is 0 Å². The Bertz CT molecular complexity index is 92.2. The molecule has 0 heterocycles. The molecule has 45 valence electrons. The Balaban J connectivity index is 2.42. The summed E-state index contributed by atoms with van der Waals surface area (Å²) in [6, 6.07) is 0. The number of hydrogen-bond donors (Lipinski definition) is 0. The first-order valence-corrected chi connectivity index (χ1v) is 3.36. The molecule has 0 heteroatoms. The Morgan fingerprint density at radius 1 is 1.50 bits per heavy atom. The highest BCUT2D eigenvalue weighted by Crippen LogP contribution is 2.20. The maximum Gasteiger partial charge on any atom is -0.0253 e. The van der Waals surface area contributed by atoms with Gasteiger partial charge in [0.25, 0.3) is 0 Å². The van der Waals surface area contributed by atoms with Gasteiger partial charge in [0.15, 0.2) is 0 Å². The lowest BCUT2D eigenvalue weighted by molar-refractivity contribution is 0.442. The third-order valence-electron chi connectivity index (χ3n) is 1.64. The van der Waals surface area contributed by atoms with Crippen LogP contribution in [-0.4, -0.2) is 0 Å². The van der Waals surface area contributed by atoms with E-state index in [4.69, 9.17) is 0 Å². The molecule has 0 unspecified atom stereocenters. The third kappa shape index (κ3) is 1.36. The van der Waals surface area contributed by atoms with E-state index in [1.807, 2.05) is 0 Å². The zero-order chi connectivity index (χ0) is 5.98. The summed E-state index contributed by atoms with van der Waals surface area (Å²) in [5, 5.41) is 0. The van der Waals surface area contributed by atoms with E-state index < -0.39 is 0 Å². The predicted molar refractivity (Wildman–Crippen MR) is 35.4 cm³/mol. The van der Waals surface area contributed by atoms with Crippen LogP contribution in [0.25, 0.3) is 0 Å². The van der Waals surface area contributed by atoms with Crippen LogP contribution >= 0.6 is 0 Å². The van der Waals surface area contributed by atoms with Gasteiger partial charge in [-0.1, -0.05) is 19.9 Å². The minimum Gasteiger partial charge on any atom is -0.0782 e. The molecular weight excluding hydrogens is 96.1 g/mol. The van der Waals surface area contributed by atoms with Crippen LogP contribution in [0.1, 0.15) is 26.7 Å². The van der Waals surface area contributed by atoms with Crippen LogP contribution in [0.15, 0.2) is 6.08 Å². The standard InChI is InChI=1S/C8H13/c1-7-4-3-5-8(2)6-7/h4,7-8H,5-6H2,1-2H3/t7-,8-/m0/s1. The summed E-state index contributed by atoms with van der Waals surface area (Å²) in [5.74, 6) is 1.65. The largest absolute Gasteiger partial charge is 0.0782 e. The van der Waals surface area contributed by atoms with Gasteiger partial charge >= 0.3 is 0 Å². The van der Waals surface area contributed by atoms with E-state index in [0.29, 0.717) is 0 Å². The summed E-state index contributed by atoms with van der Waals surface area (Å²) in [4.78, 5) is 0. The first-order valence-electron chi connectivity index (χ1n) is 3.36. The Hall–Kier alpha value is -0.260. The van der Waals surface area contributed by atoms with Crippen molar-refractivity contribution < 1.29 is 0 Å². The summed E-state index contributed by atoms with van der Waals surface area (Å²) in [6.07, 6.45) is 7.98. The van der Waals surface area contributed by atoms with Crippen molar-refractivity contribution in [2.45, 2.75) is 26.7 Å². The fraction of sp³-hybridized carbons (Fsp3) is 0.750. The monoisotopic (exact) mass is 109 g/mol. The summed E-state index contributed by atoms with van der Waals surface area (Å²) in [5.41, 5.74) is 0. The lowest BCUT2D eigenvalue weighted by Crippen LogP contribution is -2.04. The van der Waals surface area contributed by atoms with Gasteiger partial charge in [0.05, 0.1) is 0 Å². The lowest BCUT2D eigenvalue weighted by Gasteiger charge is -2.16. The van der Waals surface area contributed by atoms with E-state index in [9.17, 15) is 0 Å². The molecule has 1 aliphatic carbocycles. The van der Waals surface area contributed by atoms with E-state index in [2.05, 4.69) is 26.0 Å². The fourth-order valence-electron chi connectivity index (χ4n) is 1.26. The van der Waals surface area contributed by atoms with Crippen LogP contribution in [-0.2, 0) is 0 Å². The van der Waals surface area contributed by atoms with Crippen molar-refractivity contribution in [2.75, 3.05) is 0 Å². The second-order valence-electron chi connectivity index (χ2n) is 2.89. The van der Waals surface area contributed by atoms with Gasteiger partial charge in [-0.05, 0) is 30.8 Å². The van der Waals surface area contributed by atoms with Crippen molar-refractivity contribution in [1.82, 2.24) is 0 Å². The highest BCUT2D eigenvalue weighted by atomic mass is 14.1. The van der Waals surface area contributed by atoms with E-state index >= 15 is 0 Å². The van der Waals surface area contributed by atoms with Crippen molar-refractivity contribution >= 4 is 0 Å². The van der Waals surface area contributed by atoms with Crippen molar-refractivity contribution in [1.29, 1.82) is 0 Å². The molecule has 8 heavy (non-hydrogen) atoms. The Kier molecular flexibility index (Phi) is 1.72. The highest BCUT2D eigenvalue weighted by Gasteiger charge is 2.08. The Morgan fingerprint density at radius 2 is 2.25 bits per heavy atom. The van der Waals surface area contributed by atoms with Gasteiger partial charge < -0.3 is 0 Å². The second kappa shape index (κ2) is 2.34. The molecule has 0 spiro atoms. The molecule has 2 atom stereocenters. The summed E-state index contributed by atoms with van der Waals surface area (Å²) < 4.78 is 0. The minimum absolute atomic E-state index is 0.777. The topological polar surface area (TPSA) is 0 Å². The predicted octanol–water partition coefficient (Wildman–Crippen LogP) is 2.41. The molecule has 0 amide bonds. The van der Waals surface area contributed by atoms with Gasteiger partial charge in [-0.2, -0.15) is 0 Å². The average Bonchev–Trinajstić information content (AvgIpc) is 1.64. The van der Waals surface area contributed by atoms with Crippen LogP contribution in [0.3, 0.4) is 0 Å². The van der Waals surface area contributed by atoms with Crippen molar-refractivity contribution in [2.24, 2.45) is 11.8 Å². The molecule has 0 saturated heterocycles. The molecule has 0 aromatic heterocycles. The minimum atomic E-state index is 0.777. The summed E-state index contributed by atoms with van der Waals surface area (Å²) in [6.45, 7) is 4.54. The van der Waals surface area contributed by atoms with Gasteiger partial charge in [0.1, 0.15) is 0 Å². The number of hydrogen-bond acceptors (Lipinski definition) is 0. The van der Waals surface area contributed by atoms with Gasteiger partial charge in [-0.25, -0.2) is 0 Å². The van der Waals surface area contributed by atoms with E-state index in [0.717, 1.165) is 11.8 Å². The molecule has 1 aliphatic rings. The Morgan fingerprint density at radius 3 is 2.62 bits per heavy atom. The lowest BCUT2D eigenvalue weighted by atomic mass is 9.89. The van der Waals surface area contributed by atoms with Gasteiger partial charge in [0.2, 0.25) is 0 Å². The zero-order valence-corrected chi connectivity index (χ0v) is 5.65. The van der Waals surface area contributed by atoms with E-state index in [1.165, 1.54) is 12.8 Å². The van der Waals surface area contributed by atoms with Gasteiger partial charge in [-0.3, -0.25) is 0 Å². The first kappa shape index (κ1) is 5.87. The SMILES string of the molecule is C[C@H]1C[C]=C[C@H](C)C1. The van der Waals surface area contributed by atoms with Crippen LogP contribution in [0.4, 0.5) is 0 Å². The van der Waals surface area contributed by atoms with Crippen LogP contribution in [0, 0.1) is 17.9 Å². The summed E-state index contributed by atoms with van der Waals surface area (Å²) in [7, 11) is 0. The molecule has 0 aromatic carbocycles. The molecule has 0 bridgehead atoms. The second-order valence-corrected chi connectivity index (χ2v) is 2.89. The van der Waals surface area contributed by atoms with Gasteiger partial charge in [0, 0.05) is 0 Å². The maximum absolute atomic E-state index is 3.26. The maximum atomic E-state index is 3.26. The van der Waals surface area contributed by atoms with Gasteiger partial charge in [-0.15, -0.1) is 0 Å². The average molecular weight is 109 g/mol. The van der Waals surface area contributed by atoms with Crippen molar-refractivity contribution in [3.8, 4) is 0 Å². The molecule has 0 fully saturated rings. The number of allylic oxidation sites excluding steroid dienone is 2. The number of rotatable bonds is 0. The normalized spacial score (nSPS) is 37.8. The molecule has 0 nitrogen and oxygen atoms in total. The fourth-order valence-corrected chi connectivity index (χ4v) is 1.26. The quantitative estimate of drug-likeness (QED) is 0.448. The molecular formula is C8H13. The molecule has 0 N–H and O–H groups in total. The molecule has 0 aromatic rings. The van der Waals surface area contributed by atoms with Crippen molar-refractivity contribution in [3.63, 3.8) is 0 Å².